The molecule has 0 unspecified atom stereocenters. The number of aromatic nitrogens is 5. The standard InChI is InChI=1S/C19H21N7O/c1-12-4-13(2)18(14(3)5-12)24-19(27)15-7-25(8-15)16-6-17(22-10-21-16)26-11-20-9-23-26/h4-6,9-11,15H,7-8H2,1-3H3,(H,24,27). The van der Waals surface area contributed by atoms with Gasteiger partial charge < -0.3 is 10.2 Å². The van der Waals surface area contributed by atoms with E-state index in [9.17, 15) is 4.79 Å². The van der Waals surface area contributed by atoms with Crippen LogP contribution in [0.25, 0.3) is 5.82 Å². The largest absolute Gasteiger partial charge is 0.355 e. The van der Waals surface area contributed by atoms with Crippen LogP contribution in [0, 0.1) is 26.7 Å². The highest BCUT2D eigenvalue weighted by atomic mass is 16.2. The van der Waals surface area contributed by atoms with Gasteiger partial charge in [-0.1, -0.05) is 17.7 Å². The van der Waals surface area contributed by atoms with Crippen molar-refractivity contribution in [3.8, 4) is 5.82 Å². The van der Waals surface area contributed by atoms with Gasteiger partial charge in [-0.3, -0.25) is 4.79 Å². The SMILES string of the molecule is Cc1cc(C)c(NC(=O)C2CN(c3cc(-n4cncn4)ncn3)C2)c(C)c1. The highest BCUT2D eigenvalue weighted by Gasteiger charge is 2.34. The van der Waals surface area contributed by atoms with Crippen LogP contribution in [0.4, 0.5) is 11.5 Å². The van der Waals surface area contributed by atoms with Crippen LogP contribution in [-0.2, 0) is 4.79 Å². The lowest BCUT2D eigenvalue weighted by atomic mass is 9.98. The van der Waals surface area contributed by atoms with Crippen molar-refractivity contribution in [2.24, 2.45) is 5.92 Å². The molecule has 0 atom stereocenters. The van der Waals surface area contributed by atoms with E-state index in [-0.39, 0.29) is 11.8 Å². The van der Waals surface area contributed by atoms with Gasteiger partial charge in [0.15, 0.2) is 5.82 Å². The van der Waals surface area contributed by atoms with E-state index in [1.807, 2.05) is 19.9 Å². The Morgan fingerprint density at radius 2 is 1.74 bits per heavy atom. The minimum atomic E-state index is -0.0603. The molecule has 3 heterocycles. The van der Waals surface area contributed by atoms with E-state index in [1.54, 1.807) is 11.0 Å². The summed E-state index contributed by atoms with van der Waals surface area (Å²) >= 11 is 0. The number of benzene rings is 1. The molecule has 0 bridgehead atoms. The monoisotopic (exact) mass is 363 g/mol. The molecule has 1 saturated heterocycles. The second-order valence-corrected chi connectivity index (χ2v) is 6.94. The molecule has 3 aromatic rings. The highest BCUT2D eigenvalue weighted by Crippen LogP contribution is 2.27. The maximum absolute atomic E-state index is 12.6. The summed E-state index contributed by atoms with van der Waals surface area (Å²) in [6, 6.07) is 6.02. The van der Waals surface area contributed by atoms with Gasteiger partial charge in [-0.2, -0.15) is 5.10 Å². The first-order chi connectivity index (χ1) is 13.0. The zero-order valence-corrected chi connectivity index (χ0v) is 15.5. The second-order valence-electron chi connectivity index (χ2n) is 6.94. The number of hydrogen-bond acceptors (Lipinski definition) is 6. The fourth-order valence-electron chi connectivity index (χ4n) is 3.40. The molecule has 27 heavy (non-hydrogen) atoms. The van der Waals surface area contributed by atoms with Gasteiger partial charge in [-0.25, -0.2) is 19.6 Å². The molecule has 1 aliphatic rings. The Balaban J connectivity index is 1.41. The van der Waals surface area contributed by atoms with Gasteiger partial charge in [-0.15, -0.1) is 0 Å². The summed E-state index contributed by atoms with van der Waals surface area (Å²) in [4.78, 5) is 27.1. The van der Waals surface area contributed by atoms with Crippen LogP contribution in [0.5, 0.6) is 0 Å². The molecule has 138 valence electrons. The lowest BCUT2D eigenvalue weighted by Crippen LogP contribution is -2.52. The Morgan fingerprint density at radius 1 is 1.04 bits per heavy atom. The highest BCUT2D eigenvalue weighted by molar-refractivity contribution is 5.95. The molecule has 2 aromatic heterocycles. The molecular weight excluding hydrogens is 342 g/mol. The zero-order valence-electron chi connectivity index (χ0n) is 15.5. The van der Waals surface area contributed by atoms with Gasteiger partial charge in [0, 0.05) is 24.8 Å². The molecule has 1 fully saturated rings. The molecule has 8 nitrogen and oxygen atoms in total. The van der Waals surface area contributed by atoms with Crippen LogP contribution in [-0.4, -0.2) is 43.7 Å². The average molecular weight is 363 g/mol. The number of nitrogens with zero attached hydrogens (tertiary/aromatic N) is 6. The second kappa shape index (κ2) is 6.79. The van der Waals surface area contributed by atoms with Crippen molar-refractivity contribution in [1.29, 1.82) is 0 Å². The first kappa shape index (κ1) is 17.1. The van der Waals surface area contributed by atoms with Gasteiger partial charge >= 0.3 is 0 Å². The number of amides is 1. The maximum atomic E-state index is 12.6. The van der Waals surface area contributed by atoms with Crippen molar-refractivity contribution < 1.29 is 4.79 Å². The van der Waals surface area contributed by atoms with E-state index in [0.29, 0.717) is 18.9 Å². The Morgan fingerprint density at radius 3 is 2.41 bits per heavy atom. The van der Waals surface area contributed by atoms with E-state index in [4.69, 9.17) is 0 Å². The molecule has 1 aromatic carbocycles. The first-order valence-electron chi connectivity index (χ1n) is 8.82. The Labute approximate surface area is 157 Å². The van der Waals surface area contributed by atoms with Gasteiger partial charge in [-0.05, 0) is 31.9 Å². The minimum absolute atomic E-state index is 0.0480. The summed E-state index contributed by atoms with van der Waals surface area (Å²) in [6.45, 7) is 7.36. The smallest absolute Gasteiger partial charge is 0.231 e. The summed E-state index contributed by atoms with van der Waals surface area (Å²) in [5.74, 6) is 1.42. The van der Waals surface area contributed by atoms with Crippen LogP contribution in [0.2, 0.25) is 0 Å². The first-order valence-corrected chi connectivity index (χ1v) is 8.82. The fraction of sp³-hybridized carbons (Fsp3) is 0.316. The number of carbonyl (C=O) groups excluding carboxylic acids is 1. The lowest BCUT2D eigenvalue weighted by Gasteiger charge is -2.39. The van der Waals surface area contributed by atoms with Crippen LogP contribution >= 0.6 is 0 Å². The maximum Gasteiger partial charge on any atom is 0.231 e. The van der Waals surface area contributed by atoms with Crippen molar-refractivity contribution in [2.75, 3.05) is 23.3 Å². The third-order valence-corrected chi connectivity index (χ3v) is 4.79. The minimum Gasteiger partial charge on any atom is -0.355 e. The zero-order chi connectivity index (χ0) is 19.0. The van der Waals surface area contributed by atoms with Crippen molar-refractivity contribution in [1.82, 2.24) is 24.7 Å². The molecular formula is C19H21N7O. The average Bonchev–Trinajstić information content (AvgIpc) is 3.12. The molecule has 0 saturated carbocycles. The normalized spacial score (nSPS) is 14.1. The Kier molecular flexibility index (Phi) is 4.31. The Hall–Kier alpha value is -3.29. The van der Waals surface area contributed by atoms with E-state index >= 15 is 0 Å². The van der Waals surface area contributed by atoms with E-state index in [0.717, 1.165) is 22.6 Å². The number of rotatable bonds is 4. The quantitative estimate of drug-likeness (QED) is 0.763. The van der Waals surface area contributed by atoms with Gasteiger partial charge in [0.25, 0.3) is 0 Å². The molecule has 4 rings (SSSR count). The number of anilines is 2. The summed E-state index contributed by atoms with van der Waals surface area (Å²) in [5, 5.41) is 7.17. The molecule has 0 aliphatic carbocycles. The van der Waals surface area contributed by atoms with Gasteiger partial charge in [0.05, 0.1) is 5.92 Å². The molecule has 1 N–H and O–H groups in total. The summed E-state index contributed by atoms with van der Waals surface area (Å²) in [7, 11) is 0. The van der Waals surface area contributed by atoms with E-state index in [1.165, 1.54) is 18.2 Å². The van der Waals surface area contributed by atoms with E-state index < -0.39 is 0 Å². The molecule has 0 radical (unpaired) electrons. The third-order valence-electron chi connectivity index (χ3n) is 4.79. The lowest BCUT2D eigenvalue weighted by molar-refractivity contribution is -0.120. The van der Waals surface area contributed by atoms with Crippen LogP contribution in [0.3, 0.4) is 0 Å². The van der Waals surface area contributed by atoms with Crippen LogP contribution in [0.1, 0.15) is 16.7 Å². The van der Waals surface area contributed by atoms with Crippen molar-refractivity contribution in [3.05, 3.63) is 53.9 Å². The third kappa shape index (κ3) is 3.38. The molecule has 1 aliphatic heterocycles. The summed E-state index contributed by atoms with van der Waals surface area (Å²) < 4.78 is 1.58. The number of carbonyl (C=O) groups is 1. The topological polar surface area (TPSA) is 88.8 Å². The molecule has 1 amide bonds. The Bertz CT molecular complexity index is 954. The number of nitrogens with one attached hydrogen (secondary N) is 1. The molecule has 8 heteroatoms. The van der Waals surface area contributed by atoms with Gasteiger partial charge in [0.2, 0.25) is 5.91 Å². The van der Waals surface area contributed by atoms with Crippen molar-refractivity contribution >= 4 is 17.4 Å². The van der Waals surface area contributed by atoms with Crippen LogP contribution in [0.15, 0.2) is 37.2 Å². The molecule has 0 spiro atoms. The van der Waals surface area contributed by atoms with Crippen molar-refractivity contribution in [2.45, 2.75) is 20.8 Å². The van der Waals surface area contributed by atoms with Crippen LogP contribution < -0.4 is 10.2 Å². The number of aryl methyl sites for hydroxylation is 3. The number of hydrogen-bond donors (Lipinski definition) is 1. The van der Waals surface area contributed by atoms with Crippen molar-refractivity contribution in [3.63, 3.8) is 0 Å². The predicted octanol–water partition coefficient (Wildman–Crippen LogP) is 2.06. The predicted molar refractivity (Wildman–Crippen MR) is 102 cm³/mol. The fourth-order valence-corrected chi connectivity index (χ4v) is 3.40. The van der Waals surface area contributed by atoms with Gasteiger partial charge in [0.1, 0.15) is 24.8 Å². The van der Waals surface area contributed by atoms with E-state index in [2.05, 4.69) is 49.3 Å². The summed E-state index contributed by atoms with van der Waals surface area (Å²) in [5.41, 5.74) is 4.29. The summed E-state index contributed by atoms with van der Waals surface area (Å²) in [6.07, 6.45) is 4.55.